The fourth-order valence-electron chi connectivity index (χ4n) is 2.74. The van der Waals surface area contributed by atoms with E-state index in [9.17, 15) is 4.79 Å². The van der Waals surface area contributed by atoms with Gasteiger partial charge in [-0.1, -0.05) is 24.3 Å². The van der Waals surface area contributed by atoms with Crippen LogP contribution in [0.2, 0.25) is 0 Å². The first-order valence-corrected chi connectivity index (χ1v) is 6.14. The monoisotopic (exact) mass is 249 g/mol. The van der Waals surface area contributed by atoms with Crippen LogP contribution in [0.3, 0.4) is 0 Å². The van der Waals surface area contributed by atoms with Gasteiger partial charge in [0.25, 0.3) is 5.56 Å². The van der Waals surface area contributed by atoms with Crippen molar-refractivity contribution >= 4 is 32.6 Å². The minimum atomic E-state index is -0.0729. The van der Waals surface area contributed by atoms with E-state index in [1.807, 2.05) is 37.3 Å². The molecule has 0 atom stereocenters. The first-order chi connectivity index (χ1) is 9.25. The third-order valence-corrected chi connectivity index (χ3v) is 3.50. The van der Waals surface area contributed by atoms with E-state index in [4.69, 9.17) is 0 Å². The molecule has 2 aromatic carbocycles. The summed E-state index contributed by atoms with van der Waals surface area (Å²) in [4.78, 5) is 22.7. The Balaban J connectivity index is 2.51. The van der Waals surface area contributed by atoms with Gasteiger partial charge in [-0.15, -0.1) is 0 Å². The summed E-state index contributed by atoms with van der Waals surface area (Å²) in [7, 11) is 0. The fraction of sp³-hybridized carbons (Fsp3) is 0.0667. The van der Waals surface area contributed by atoms with Crippen LogP contribution in [0.1, 0.15) is 5.82 Å². The SMILES string of the molecule is Cc1nc2c3cc[nH]c(=O)c3c3ccccc3c2[nH]1. The fourth-order valence-corrected chi connectivity index (χ4v) is 2.74. The number of imidazole rings is 1. The molecular weight excluding hydrogens is 238 g/mol. The summed E-state index contributed by atoms with van der Waals surface area (Å²) in [5, 5.41) is 3.58. The molecule has 4 heteroatoms. The molecule has 0 spiro atoms. The van der Waals surface area contributed by atoms with E-state index in [0.29, 0.717) is 5.39 Å². The first-order valence-electron chi connectivity index (χ1n) is 6.14. The predicted octanol–water partition coefficient (Wildman–Crippen LogP) is 2.87. The van der Waals surface area contributed by atoms with Crippen molar-refractivity contribution in [2.45, 2.75) is 6.92 Å². The van der Waals surface area contributed by atoms with Crippen LogP contribution >= 0.6 is 0 Å². The quantitative estimate of drug-likeness (QED) is 0.471. The molecule has 0 saturated carbocycles. The van der Waals surface area contributed by atoms with Crippen LogP contribution in [0.15, 0.2) is 41.3 Å². The van der Waals surface area contributed by atoms with Crippen LogP contribution in [0.25, 0.3) is 32.6 Å². The maximum Gasteiger partial charge on any atom is 0.256 e. The molecule has 4 aromatic rings. The number of aromatic amines is 2. The smallest absolute Gasteiger partial charge is 0.256 e. The number of aromatic nitrogens is 3. The number of fused-ring (bicyclic) bond motifs is 6. The van der Waals surface area contributed by atoms with E-state index in [2.05, 4.69) is 15.0 Å². The summed E-state index contributed by atoms with van der Waals surface area (Å²) >= 11 is 0. The number of hydrogen-bond acceptors (Lipinski definition) is 2. The summed E-state index contributed by atoms with van der Waals surface area (Å²) in [6.45, 7) is 1.92. The van der Waals surface area contributed by atoms with Gasteiger partial charge in [-0.2, -0.15) is 0 Å². The number of nitrogens with zero attached hydrogens (tertiary/aromatic N) is 1. The standard InChI is InChI=1S/C15H11N3O/c1-8-17-13-10-5-3-2-4-9(10)12-11(14(13)18-8)6-7-16-15(12)19/h2-7H,1H3,(H,16,19)(H,17,18). The lowest BCUT2D eigenvalue weighted by Crippen LogP contribution is -2.05. The number of pyridine rings is 1. The first kappa shape index (κ1) is 10.3. The van der Waals surface area contributed by atoms with Crippen molar-refractivity contribution in [1.82, 2.24) is 15.0 Å². The van der Waals surface area contributed by atoms with Crippen LogP contribution in [-0.4, -0.2) is 15.0 Å². The molecule has 0 aliphatic rings. The van der Waals surface area contributed by atoms with Crippen molar-refractivity contribution in [2.75, 3.05) is 0 Å². The zero-order chi connectivity index (χ0) is 13.0. The molecule has 0 fully saturated rings. The van der Waals surface area contributed by atoms with Crippen LogP contribution in [-0.2, 0) is 0 Å². The predicted molar refractivity (Wildman–Crippen MR) is 76.5 cm³/mol. The van der Waals surface area contributed by atoms with E-state index >= 15 is 0 Å². The average molecular weight is 249 g/mol. The maximum atomic E-state index is 12.1. The van der Waals surface area contributed by atoms with E-state index in [1.165, 1.54) is 0 Å². The molecule has 19 heavy (non-hydrogen) atoms. The second kappa shape index (κ2) is 3.45. The van der Waals surface area contributed by atoms with Gasteiger partial charge < -0.3 is 9.97 Å². The van der Waals surface area contributed by atoms with Gasteiger partial charge in [-0.25, -0.2) is 4.98 Å². The van der Waals surface area contributed by atoms with Crippen molar-refractivity contribution in [3.05, 3.63) is 52.7 Å². The number of hydrogen-bond donors (Lipinski definition) is 2. The van der Waals surface area contributed by atoms with Gasteiger partial charge in [0.15, 0.2) is 0 Å². The molecule has 92 valence electrons. The molecule has 0 saturated heterocycles. The Labute approximate surface area is 108 Å². The van der Waals surface area contributed by atoms with Gasteiger partial charge in [0.2, 0.25) is 0 Å². The lowest BCUT2D eigenvalue weighted by atomic mass is 10.0. The maximum absolute atomic E-state index is 12.1. The highest BCUT2D eigenvalue weighted by atomic mass is 16.1. The highest BCUT2D eigenvalue weighted by Crippen LogP contribution is 2.31. The van der Waals surface area contributed by atoms with Gasteiger partial charge in [0.1, 0.15) is 5.82 Å². The van der Waals surface area contributed by atoms with Crippen molar-refractivity contribution in [1.29, 1.82) is 0 Å². The lowest BCUT2D eigenvalue weighted by Gasteiger charge is -2.04. The number of nitrogens with one attached hydrogen (secondary N) is 2. The van der Waals surface area contributed by atoms with E-state index in [-0.39, 0.29) is 5.56 Å². The molecule has 0 unspecified atom stereocenters. The molecule has 2 N–H and O–H groups in total. The minimum Gasteiger partial charge on any atom is -0.342 e. The molecule has 0 aliphatic carbocycles. The van der Waals surface area contributed by atoms with E-state index in [1.54, 1.807) is 6.20 Å². The molecule has 0 aliphatic heterocycles. The summed E-state index contributed by atoms with van der Waals surface area (Å²) in [5.74, 6) is 0.855. The van der Waals surface area contributed by atoms with Crippen molar-refractivity contribution in [3.63, 3.8) is 0 Å². The average Bonchev–Trinajstić information content (AvgIpc) is 2.81. The summed E-state index contributed by atoms with van der Waals surface area (Å²) < 4.78 is 0. The summed E-state index contributed by atoms with van der Waals surface area (Å²) in [6.07, 6.45) is 1.67. The van der Waals surface area contributed by atoms with Crippen molar-refractivity contribution in [3.8, 4) is 0 Å². The van der Waals surface area contributed by atoms with Crippen LogP contribution in [0.5, 0.6) is 0 Å². The number of H-pyrrole nitrogens is 2. The van der Waals surface area contributed by atoms with Crippen molar-refractivity contribution < 1.29 is 0 Å². The van der Waals surface area contributed by atoms with E-state index in [0.717, 1.165) is 33.0 Å². The molecular formula is C15H11N3O. The van der Waals surface area contributed by atoms with Gasteiger partial charge >= 0.3 is 0 Å². The van der Waals surface area contributed by atoms with Crippen LogP contribution in [0, 0.1) is 6.92 Å². The number of benzene rings is 2. The molecule has 0 amide bonds. The molecule has 2 heterocycles. The second-order valence-corrected chi connectivity index (χ2v) is 4.69. The molecule has 4 nitrogen and oxygen atoms in total. The van der Waals surface area contributed by atoms with Gasteiger partial charge in [0, 0.05) is 17.0 Å². The van der Waals surface area contributed by atoms with Crippen molar-refractivity contribution in [2.24, 2.45) is 0 Å². The minimum absolute atomic E-state index is 0.0729. The third kappa shape index (κ3) is 1.28. The van der Waals surface area contributed by atoms with Gasteiger partial charge in [-0.05, 0) is 18.4 Å². The molecule has 0 bridgehead atoms. The Bertz CT molecular complexity index is 995. The Morgan fingerprint density at radius 3 is 2.68 bits per heavy atom. The zero-order valence-electron chi connectivity index (χ0n) is 10.3. The van der Waals surface area contributed by atoms with Crippen LogP contribution in [0.4, 0.5) is 0 Å². The summed E-state index contributed by atoms with van der Waals surface area (Å²) in [5.41, 5.74) is 1.78. The molecule has 4 rings (SSSR count). The Morgan fingerprint density at radius 2 is 1.84 bits per heavy atom. The Morgan fingerprint density at radius 1 is 1.05 bits per heavy atom. The third-order valence-electron chi connectivity index (χ3n) is 3.50. The largest absolute Gasteiger partial charge is 0.342 e. The molecule has 0 radical (unpaired) electrons. The van der Waals surface area contributed by atoms with E-state index < -0.39 is 0 Å². The van der Waals surface area contributed by atoms with Gasteiger partial charge in [-0.3, -0.25) is 4.79 Å². The lowest BCUT2D eigenvalue weighted by molar-refractivity contribution is 1.17. The number of rotatable bonds is 0. The Kier molecular flexibility index (Phi) is 1.87. The zero-order valence-corrected chi connectivity index (χ0v) is 10.3. The van der Waals surface area contributed by atoms with Crippen LogP contribution < -0.4 is 5.56 Å². The second-order valence-electron chi connectivity index (χ2n) is 4.69. The summed E-state index contributed by atoms with van der Waals surface area (Å²) in [6, 6.07) is 9.82. The Hall–Kier alpha value is -2.62. The molecule has 2 aromatic heterocycles. The highest BCUT2D eigenvalue weighted by Gasteiger charge is 2.13. The number of aryl methyl sites for hydroxylation is 1. The van der Waals surface area contributed by atoms with Gasteiger partial charge in [0.05, 0.1) is 16.4 Å². The highest BCUT2D eigenvalue weighted by molar-refractivity contribution is 6.22. The topological polar surface area (TPSA) is 61.5 Å². The normalized spacial score (nSPS) is 11.6.